The van der Waals surface area contributed by atoms with Crippen LogP contribution in [0.3, 0.4) is 0 Å². The van der Waals surface area contributed by atoms with Crippen molar-refractivity contribution in [2.24, 2.45) is 22.7 Å². The number of aliphatic hydroxyl groups excluding tert-OH is 2. The first kappa shape index (κ1) is 14.3. The van der Waals surface area contributed by atoms with Crippen molar-refractivity contribution in [3.63, 3.8) is 0 Å². The van der Waals surface area contributed by atoms with Gasteiger partial charge in [0, 0.05) is 13.0 Å². The topological polar surface area (TPSA) is 57.5 Å². The van der Waals surface area contributed by atoms with Gasteiger partial charge in [-0.15, -0.1) is 0 Å². The molecule has 3 heteroatoms. The van der Waals surface area contributed by atoms with Crippen molar-refractivity contribution < 1.29 is 15.0 Å². The Morgan fingerprint density at radius 1 is 1.35 bits per heavy atom. The fraction of sp³-hybridized carbons (Fsp3) is 0.824. The van der Waals surface area contributed by atoms with Gasteiger partial charge in [-0.1, -0.05) is 20.3 Å². The number of fused-ring (bicyclic) bond motifs is 3. The van der Waals surface area contributed by atoms with Gasteiger partial charge >= 0.3 is 0 Å². The van der Waals surface area contributed by atoms with E-state index < -0.39 is 6.10 Å². The lowest BCUT2D eigenvalue weighted by molar-refractivity contribution is -0.123. The van der Waals surface area contributed by atoms with Crippen LogP contribution in [-0.4, -0.2) is 28.7 Å². The molecular formula is C17H26O3. The molecule has 3 rings (SSSR count). The summed E-state index contributed by atoms with van der Waals surface area (Å²) in [4.78, 5) is 11.7. The molecule has 0 bridgehead atoms. The molecule has 2 saturated carbocycles. The molecule has 2 fully saturated rings. The van der Waals surface area contributed by atoms with Crippen molar-refractivity contribution in [2.45, 2.75) is 58.5 Å². The van der Waals surface area contributed by atoms with Crippen LogP contribution in [0.15, 0.2) is 11.6 Å². The molecule has 5 atom stereocenters. The number of allylic oxidation sites excluding steroid dienone is 1. The highest BCUT2D eigenvalue weighted by atomic mass is 16.3. The number of hydrogen-bond donors (Lipinski definition) is 2. The van der Waals surface area contributed by atoms with Gasteiger partial charge in [0.1, 0.15) is 0 Å². The number of aliphatic hydroxyl groups is 2. The van der Waals surface area contributed by atoms with Crippen LogP contribution in [0.4, 0.5) is 0 Å². The van der Waals surface area contributed by atoms with Gasteiger partial charge in [-0.25, -0.2) is 0 Å². The van der Waals surface area contributed by atoms with Gasteiger partial charge < -0.3 is 10.2 Å². The summed E-state index contributed by atoms with van der Waals surface area (Å²) < 4.78 is 0. The normalized spacial score (nSPS) is 48.3. The van der Waals surface area contributed by atoms with Gasteiger partial charge in [0.05, 0.1) is 6.10 Å². The number of rotatable bonds is 1. The summed E-state index contributed by atoms with van der Waals surface area (Å²) in [5.74, 6) is 0.831. The molecule has 0 amide bonds. The second-order valence-electron chi connectivity index (χ2n) is 7.68. The summed E-state index contributed by atoms with van der Waals surface area (Å²) in [6.07, 6.45) is 6.73. The van der Waals surface area contributed by atoms with Crippen molar-refractivity contribution in [1.29, 1.82) is 0 Å². The third kappa shape index (κ3) is 1.90. The number of ketones is 1. The lowest BCUT2D eigenvalue weighted by atomic mass is 9.45. The van der Waals surface area contributed by atoms with Gasteiger partial charge in [-0.2, -0.15) is 0 Å². The van der Waals surface area contributed by atoms with Gasteiger partial charge in [0.15, 0.2) is 5.78 Å². The Kier molecular flexibility index (Phi) is 3.33. The predicted octanol–water partition coefficient (Wildman–Crippen LogP) is 2.46. The second kappa shape index (κ2) is 4.67. The van der Waals surface area contributed by atoms with E-state index in [2.05, 4.69) is 13.8 Å². The highest BCUT2D eigenvalue weighted by Crippen LogP contribution is 2.62. The zero-order chi connectivity index (χ0) is 14.5. The Bertz CT molecular complexity index is 455. The second-order valence-corrected chi connectivity index (χ2v) is 7.68. The van der Waals surface area contributed by atoms with E-state index in [9.17, 15) is 15.0 Å². The molecule has 2 N–H and O–H groups in total. The number of carbonyl (C=O) groups excluding carboxylic acids is 1. The van der Waals surface area contributed by atoms with Crippen LogP contribution in [0.1, 0.15) is 52.4 Å². The molecule has 0 radical (unpaired) electrons. The molecule has 0 aromatic carbocycles. The zero-order valence-electron chi connectivity index (χ0n) is 12.6. The fourth-order valence-corrected chi connectivity index (χ4v) is 5.39. The molecule has 0 spiro atoms. The standard InChI is InChI=1S/C17H26O3/c1-16(10-18)6-3-7-17(2)13-5-4-11(19)8-12(13)14(20)9-15(16)17/h8,13-15,18,20H,3-7,9-10H2,1-2H3/t13-,14-,15-,16-,17+/m0/s1. The van der Waals surface area contributed by atoms with Crippen LogP contribution in [0.25, 0.3) is 0 Å². The highest BCUT2D eigenvalue weighted by molar-refractivity contribution is 5.91. The average molecular weight is 278 g/mol. The Morgan fingerprint density at radius 3 is 2.80 bits per heavy atom. The van der Waals surface area contributed by atoms with Gasteiger partial charge in [-0.3, -0.25) is 4.79 Å². The minimum atomic E-state index is -0.494. The van der Waals surface area contributed by atoms with Crippen molar-refractivity contribution in [2.75, 3.05) is 6.61 Å². The largest absolute Gasteiger partial charge is 0.396 e. The minimum Gasteiger partial charge on any atom is -0.396 e. The smallest absolute Gasteiger partial charge is 0.155 e. The quantitative estimate of drug-likeness (QED) is 0.774. The van der Waals surface area contributed by atoms with Crippen LogP contribution in [-0.2, 0) is 4.79 Å². The molecule has 0 aromatic heterocycles. The van der Waals surface area contributed by atoms with Crippen molar-refractivity contribution in [1.82, 2.24) is 0 Å². The summed E-state index contributed by atoms with van der Waals surface area (Å²) >= 11 is 0. The van der Waals surface area contributed by atoms with E-state index in [0.29, 0.717) is 24.7 Å². The molecule has 3 aliphatic rings. The molecular weight excluding hydrogens is 252 g/mol. The summed E-state index contributed by atoms with van der Waals surface area (Å²) in [5.41, 5.74) is 1.02. The van der Waals surface area contributed by atoms with Crippen LogP contribution >= 0.6 is 0 Å². The first-order valence-corrected chi connectivity index (χ1v) is 7.94. The Hall–Kier alpha value is -0.670. The average Bonchev–Trinajstić information content (AvgIpc) is 2.42. The highest BCUT2D eigenvalue weighted by Gasteiger charge is 2.57. The summed E-state index contributed by atoms with van der Waals surface area (Å²) in [5, 5.41) is 20.4. The van der Waals surface area contributed by atoms with E-state index in [1.165, 1.54) is 0 Å². The molecule has 0 aliphatic heterocycles. The Morgan fingerprint density at radius 2 is 2.10 bits per heavy atom. The van der Waals surface area contributed by atoms with E-state index in [-0.39, 0.29) is 23.2 Å². The number of hydrogen-bond acceptors (Lipinski definition) is 3. The van der Waals surface area contributed by atoms with Crippen LogP contribution in [0, 0.1) is 22.7 Å². The summed E-state index contributed by atoms with van der Waals surface area (Å²) in [6.45, 7) is 4.69. The van der Waals surface area contributed by atoms with E-state index in [1.54, 1.807) is 6.08 Å². The zero-order valence-corrected chi connectivity index (χ0v) is 12.6. The molecule has 0 unspecified atom stereocenters. The predicted molar refractivity (Wildman–Crippen MR) is 77.1 cm³/mol. The maximum atomic E-state index is 11.7. The molecule has 0 heterocycles. The van der Waals surface area contributed by atoms with E-state index >= 15 is 0 Å². The summed E-state index contributed by atoms with van der Waals surface area (Å²) in [6, 6.07) is 0. The Labute approximate surface area is 121 Å². The first-order valence-electron chi connectivity index (χ1n) is 7.94. The van der Waals surface area contributed by atoms with Crippen LogP contribution < -0.4 is 0 Å². The van der Waals surface area contributed by atoms with Crippen LogP contribution in [0.2, 0.25) is 0 Å². The molecule has 0 aromatic rings. The molecule has 112 valence electrons. The van der Waals surface area contributed by atoms with E-state index in [0.717, 1.165) is 31.3 Å². The van der Waals surface area contributed by atoms with E-state index in [4.69, 9.17) is 0 Å². The van der Waals surface area contributed by atoms with Gasteiger partial charge in [-0.05, 0) is 60.0 Å². The van der Waals surface area contributed by atoms with Crippen molar-refractivity contribution >= 4 is 5.78 Å². The molecule has 0 saturated heterocycles. The van der Waals surface area contributed by atoms with Crippen molar-refractivity contribution in [3.8, 4) is 0 Å². The SMILES string of the molecule is C[C@@]1(CO)CCC[C@]2(C)[C@H]3CCC(=O)C=C3[C@@H](O)C[C@@H]12. The summed E-state index contributed by atoms with van der Waals surface area (Å²) in [7, 11) is 0. The molecule has 3 nitrogen and oxygen atoms in total. The van der Waals surface area contributed by atoms with E-state index in [1.807, 2.05) is 0 Å². The lowest BCUT2D eigenvalue weighted by Gasteiger charge is -2.60. The Balaban J connectivity index is 2.03. The van der Waals surface area contributed by atoms with Crippen LogP contribution in [0.5, 0.6) is 0 Å². The number of carbonyl (C=O) groups is 1. The van der Waals surface area contributed by atoms with Gasteiger partial charge in [0.25, 0.3) is 0 Å². The third-order valence-electron chi connectivity index (χ3n) is 6.51. The maximum absolute atomic E-state index is 11.7. The minimum absolute atomic E-state index is 0.0824. The third-order valence-corrected chi connectivity index (χ3v) is 6.51. The monoisotopic (exact) mass is 278 g/mol. The molecule has 3 aliphatic carbocycles. The van der Waals surface area contributed by atoms with Gasteiger partial charge in [0.2, 0.25) is 0 Å². The van der Waals surface area contributed by atoms with Crippen molar-refractivity contribution in [3.05, 3.63) is 11.6 Å². The maximum Gasteiger partial charge on any atom is 0.155 e. The first-order chi connectivity index (χ1) is 9.40. The molecule has 20 heavy (non-hydrogen) atoms. The lowest BCUT2D eigenvalue weighted by Crippen LogP contribution is -2.55. The fourth-order valence-electron chi connectivity index (χ4n) is 5.39.